The van der Waals surface area contributed by atoms with Gasteiger partial charge in [-0.05, 0) is 25.4 Å². The molecule has 5 heteroatoms. The van der Waals surface area contributed by atoms with Crippen molar-refractivity contribution in [3.8, 4) is 5.75 Å². The van der Waals surface area contributed by atoms with Crippen molar-refractivity contribution in [1.82, 2.24) is 10.6 Å². The van der Waals surface area contributed by atoms with E-state index in [0.29, 0.717) is 6.54 Å². The molecule has 114 valence electrons. The molecule has 1 unspecified atom stereocenters. The van der Waals surface area contributed by atoms with Gasteiger partial charge in [0.05, 0.1) is 0 Å². The van der Waals surface area contributed by atoms with Crippen molar-refractivity contribution < 1.29 is 9.53 Å². The molecule has 0 radical (unpaired) electrons. The smallest absolute Gasteiger partial charge is 0.257 e. The summed E-state index contributed by atoms with van der Waals surface area (Å²) in [5.74, 6) is 0.625. The Morgan fingerprint density at radius 2 is 1.90 bits per heavy atom. The van der Waals surface area contributed by atoms with Crippen LogP contribution in [0.3, 0.4) is 0 Å². The predicted octanol–water partition coefficient (Wildman–Crippen LogP) is 2.36. The van der Waals surface area contributed by atoms with Gasteiger partial charge in [-0.1, -0.05) is 36.4 Å². The van der Waals surface area contributed by atoms with Crippen molar-refractivity contribution in [2.24, 2.45) is 0 Å². The number of likely N-dealkylation sites (N-methyl/N-ethyl adjacent to an activating group) is 1. The summed E-state index contributed by atoms with van der Waals surface area (Å²) in [4.78, 5) is 11.7. The minimum Gasteiger partial charge on any atom is -0.483 e. The number of hydrogen-bond donors (Lipinski definition) is 2. The molecule has 0 aliphatic carbocycles. The van der Waals surface area contributed by atoms with Crippen LogP contribution in [0.15, 0.2) is 42.5 Å². The van der Waals surface area contributed by atoms with E-state index in [9.17, 15) is 4.79 Å². The van der Waals surface area contributed by atoms with Crippen molar-refractivity contribution in [3.05, 3.63) is 42.5 Å². The number of carbonyl (C=O) groups excluding carboxylic acids is 1. The van der Waals surface area contributed by atoms with Crippen molar-refractivity contribution in [2.45, 2.75) is 13.0 Å². The van der Waals surface area contributed by atoms with E-state index in [2.05, 4.69) is 10.6 Å². The second kappa shape index (κ2) is 8.49. The second-order valence-electron chi connectivity index (χ2n) is 4.76. The standard InChI is InChI=1S/C16H20N2O2.ClH/c1-12(17-2)10-18-16(19)11-20-15-9-5-7-13-6-3-4-8-14(13)15;/h3-9,12,17H,10-11H2,1-2H3,(H,18,19);1H. The van der Waals surface area contributed by atoms with Crippen LogP contribution >= 0.6 is 12.4 Å². The van der Waals surface area contributed by atoms with Crippen LogP contribution in [0.2, 0.25) is 0 Å². The highest BCUT2D eigenvalue weighted by Crippen LogP contribution is 2.24. The normalized spacial score (nSPS) is 11.5. The highest BCUT2D eigenvalue weighted by molar-refractivity contribution is 5.88. The maximum atomic E-state index is 11.7. The lowest BCUT2D eigenvalue weighted by Gasteiger charge is -2.12. The summed E-state index contributed by atoms with van der Waals surface area (Å²) < 4.78 is 5.61. The number of halogens is 1. The van der Waals surface area contributed by atoms with Gasteiger partial charge in [0.25, 0.3) is 5.91 Å². The Morgan fingerprint density at radius 3 is 2.67 bits per heavy atom. The number of nitrogens with one attached hydrogen (secondary N) is 2. The molecule has 0 fully saturated rings. The van der Waals surface area contributed by atoms with Gasteiger partial charge in [-0.25, -0.2) is 0 Å². The Kier molecular flexibility index (Phi) is 6.99. The molecule has 1 atom stereocenters. The lowest BCUT2D eigenvalue weighted by Crippen LogP contribution is -2.39. The van der Waals surface area contributed by atoms with Crippen molar-refractivity contribution in [3.63, 3.8) is 0 Å². The van der Waals surface area contributed by atoms with Gasteiger partial charge in [-0.3, -0.25) is 4.79 Å². The van der Waals surface area contributed by atoms with Gasteiger partial charge in [0.2, 0.25) is 0 Å². The number of benzene rings is 2. The van der Waals surface area contributed by atoms with Crippen LogP contribution in [0, 0.1) is 0 Å². The van der Waals surface area contributed by atoms with E-state index < -0.39 is 0 Å². The Balaban J connectivity index is 0.00000220. The van der Waals surface area contributed by atoms with Gasteiger partial charge in [0, 0.05) is 18.0 Å². The van der Waals surface area contributed by atoms with E-state index in [-0.39, 0.29) is 31.0 Å². The first-order chi connectivity index (χ1) is 9.70. The molecule has 0 bridgehead atoms. The van der Waals surface area contributed by atoms with Gasteiger partial charge in [-0.2, -0.15) is 0 Å². The van der Waals surface area contributed by atoms with Crippen LogP contribution in [0.5, 0.6) is 5.75 Å². The summed E-state index contributed by atoms with van der Waals surface area (Å²) in [6.07, 6.45) is 0. The summed E-state index contributed by atoms with van der Waals surface area (Å²) in [7, 11) is 1.86. The molecule has 2 N–H and O–H groups in total. The third-order valence-corrected chi connectivity index (χ3v) is 3.21. The minimum atomic E-state index is -0.111. The third-order valence-electron chi connectivity index (χ3n) is 3.21. The van der Waals surface area contributed by atoms with E-state index >= 15 is 0 Å². The van der Waals surface area contributed by atoms with Gasteiger partial charge in [0.1, 0.15) is 5.75 Å². The number of hydrogen-bond acceptors (Lipinski definition) is 3. The number of amides is 1. The summed E-state index contributed by atoms with van der Waals surface area (Å²) >= 11 is 0. The van der Waals surface area contributed by atoms with Crippen LogP contribution in [0.4, 0.5) is 0 Å². The number of ether oxygens (including phenoxy) is 1. The van der Waals surface area contributed by atoms with Crippen LogP contribution < -0.4 is 15.4 Å². The largest absolute Gasteiger partial charge is 0.483 e. The molecule has 4 nitrogen and oxygen atoms in total. The van der Waals surface area contributed by atoms with Gasteiger partial charge in [-0.15, -0.1) is 12.4 Å². The average molecular weight is 309 g/mol. The monoisotopic (exact) mass is 308 g/mol. The lowest BCUT2D eigenvalue weighted by molar-refractivity contribution is -0.123. The molecular formula is C16H21ClN2O2. The van der Waals surface area contributed by atoms with Gasteiger partial charge < -0.3 is 15.4 Å². The van der Waals surface area contributed by atoms with E-state index in [1.807, 2.05) is 56.4 Å². The molecule has 2 aromatic carbocycles. The maximum absolute atomic E-state index is 11.7. The SMILES string of the molecule is CNC(C)CNC(=O)COc1cccc2ccccc12.Cl. The molecule has 0 aliphatic rings. The quantitative estimate of drug-likeness (QED) is 0.861. The fraction of sp³-hybridized carbons (Fsp3) is 0.312. The zero-order chi connectivity index (χ0) is 14.4. The van der Waals surface area contributed by atoms with E-state index in [4.69, 9.17) is 4.74 Å². The van der Waals surface area contributed by atoms with Crippen LogP contribution in [-0.2, 0) is 4.79 Å². The Labute approximate surface area is 131 Å². The zero-order valence-corrected chi connectivity index (χ0v) is 13.1. The number of carbonyl (C=O) groups is 1. The van der Waals surface area contributed by atoms with Crippen LogP contribution in [0.25, 0.3) is 10.8 Å². The second-order valence-corrected chi connectivity index (χ2v) is 4.76. The first-order valence-electron chi connectivity index (χ1n) is 6.75. The molecule has 0 aliphatic heterocycles. The first kappa shape index (κ1) is 17.3. The summed E-state index contributed by atoms with van der Waals surface area (Å²) in [6.45, 7) is 2.63. The molecule has 0 aromatic heterocycles. The van der Waals surface area contributed by atoms with E-state index in [1.54, 1.807) is 0 Å². The third kappa shape index (κ3) is 4.92. The molecule has 0 saturated heterocycles. The molecule has 2 aromatic rings. The van der Waals surface area contributed by atoms with E-state index in [0.717, 1.165) is 16.5 Å². The molecule has 21 heavy (non-hydrogen) atoms. The fourth-order valence-corrected chi connectivity index (χ4v) is 1.88. The predicted molar refractivity (Wildman–Crippen MR) is 88.2 cm³/mol. The summed E-state index contributed by atoms with van der Waals surface area (Å²) in [6, 6.07) is 14.0. The molecular weight excluding hydrogens is 288 g/mol. The first-order valence-corrected chi connectivity index (χ1v) is 6.75. The van der Waals surface area contributed by atoms with E-state index in [1.165, 1.54) is 0 Å². The zero-order valence-electron chi connectivity index (χ0n) is 12.3. The van der Waals surface area contributed by atoms with Crippen molar-refractivity contribution in [1.29, 1.82) is 0 Å². The Bertz CT molecular complexity index is 584. The summed E-state index contributed by atoms with van der Waals surface area (Å²) in [5, 5.41) is 8.01. The molecule has 0 saturated carbocycles. The maximum Gasteiger partial charge on any atom is 0.257 e. The van der Waals surface area contributed by atoms with Gasteiger partial charge in [0.15, 0.2) is 6.61 Å². The van der Waals surface area contributed by atoms with Crippen molar-refractivity contribution in [2.75, 3.05) is 20.2 Å². The highest BCUT2D eigenvalue weighted by Gasteiger charge is 2.06. The van der Waals surface area contributed by atoms with Crippen LogP contribution in [0.1, 0.15) is 6.92 Å². The lowest BCUT2D eigenvalue weighted by atomic mass is 10.1. The molecule has 0 spiro atoms. The Hall–Kier alpha value is -1.78. The fourth-order valence-electron chi connectivity index (χ4n) is 1.88. The van der Waals surface area contributed by atoms with Crippen molar-refractivity contribution >= 4 is 29.1 Å². The van der Waals surface area contributed by atoms with Gasteiger partial charge >= 0.3 is 0 Å². The summed E-state index contributed by atoms with van der Waals surface area (Å²) in [5.41, 5.74) is 0. The average Bonchev–Trinajstić information content (AvgIpc) is 2.50. The molecule has 2 rings (SSSR count). The number of rotatable bonds is 6. The van der Waals surface area contributed by atoms with Crippen LogP contribution in [-0.4, -0.2) is 32.1 Å². The number of fused-ring (bicyclic) bond motifs is 1. The highest BCUT2D eigenvalue weighted by atomic mass is 35.5. The topological polar surface area (TPSA) is 50.4 Å². The Morgan fingerprint density at radius 1 is 1.19 bits per heavy atom. The minimum absolute atomic E-state index is 0. The molecule has 1 amide bonds. The molecule has 0 heterocycles.